The SMILES string of the molecule is C=CCO[C@@H]1[C@H]2CC[C@H]1OCCN2Cc1cccc(C)n1. The first-order valence-electron chi connectivity index (χ1n) is 7.78. The van der Waals surface area contributed by atoms with Crippen molar-refractivity contribution in [2.45, 2.75) is 44.6 Å². The maximum Gasteiger partial charge on any atom is 0.0995 e. The third kappa shape index (κ3) is 3.34. The van der Waals surface area contributed by atoms with Gasteiger partial charge in [-0.3, -0.25) is 9.88 Å². The van der Waals surface area contributed by atoms with Crippen molar-refractivity contribution in [1.29, 1.82) is 0 Å². The van der Waals surface area contributed by atoms with E-state index < -0.39 is 0 Å². The minimum atomic E-state index is 0.162. The van der Waals surface area contributed by atoms with Gasteiger partial charge in [0.1, 0.15) is 0 Å². The molecule has 1 saturated carbocycles. The lowest BCUT2D eigenvalue weighted by Crippen LogP contribution is -2.43. The summed E-state index contributed by atoms with van der Waals surface area (Å²) in [6, 6.07) is 6.65. The number of aromatic nitrogens is 1. The van der Waals surface area contributed by atoms with Crippen molar-refractivity contribution in [2.24, 2.45) is 0 Å². The number of rotatable bonds is 5. The summed E-state index contributed by atoms with van der Waals surface area (Å²) in [6.45, 7) is 8.98. The van der Waals surface area contributed by atoms with Gasteiger partial charge in [-0.2, -0.15) is 0 Å². The van der Waals surface area contributed by atoms with Crippen molar-refractivity contribution in [2.75, 3.05) is 19.8 Å². The molecule has 0 radical (unpaired) electrons. The minimum absolute atomic E-state index is 0.162. The molecule has 4 nitrogen and oxygen atoms in total. The Bertz CT molecular complexity index is 491. The molecule has 2 aliphatic rings. The maximum absolute atomic E-state index is 5.99. The molecule has 2 heterocycles. The maximum atomic E-state index is 5.99. The van der Waals surface area contributed by atoms with Crippen molar-refractivity contribution < 1.29 is 9.47 Å². The molecular weight excluding hydrogens is 264 g/mol. The molecule has 3 rings (SSSR count). The van der Waals surface area contributed by atoms with Crippen molar-refractivity contribution >= 4 is 0 Å². The van der Waals surface area contributed by atoms with Crippen LogP contribution in [0.1, 0.15) is 24.2 Å². The number of hydrogen-bond donors (Lipinski definition) is 0. The molecule has 0 unspecified atom stereocenters. The Morgan fingerprint density at radius 1 is 1.48 bits per heavy atom. The summed E-state index contributed by atoms with van der Waals surface area (Å²) in [7, 11) is 0. The average molecular weight is 288 g/mol. The van der Waals surface area contributed by atoms with Gasteiger partial charge in [-0.1, -0.05) is 12.1 Å². The van der Waals surface area contributed by atoms with E-state index in [0.717, 1.165) is 43.9 Å². The number of pyridine rings is 1. The normalized spacial score (nSPS) is 29.3. The molecule has 1 saturated heterocycles. The quantitative estimate of drug-likeness (QED) is 0.779. The summed E-state index contributed by atoms with van der Waals surface area (Å²) in [5.74, 6) is 0. The van der Waals surface area contributed by atoms with E-state index in [1.54, 1.807) is 0 Å². The minimum Gasteiger partial charge on any atom is -0.374 e. The zero-order valence-electron chi connectivity index (χ0n) is 12.7. The summed E-state index contributed by atoms with van der Waals surface area (Å²) in [5.41, 5.74) is 2.20. The predicted molar refractivity (Wildman–Crippen MR) is 82.1 cm³/mol. The van der Waals surface area contributed by atoms with E-state index in [0.29, 0.717) is 12.6 Å². The Hall–Kier alpha value is -1.23. The second kappa shape index (κ2) is 6.69. The predicted octanol–water partition coefficient (Wildman–Crippen LogP) is 2.32. The van der Waals surface area contributed by atoms with E-state index in [9.17, 15) is 0 Å². The third-order valence-electron chi connectivity index (χ3n) is 4.39. The molecule has 114 valence electrons. The first-order valence-corrected chi connectivity index (χ1v) is 7.78. The van der Waals surface area contributed by atoms with Gasteiger partial charge in [0, 0.05) is 24.8 Å². The smallest absolute Gasteiger partial charge is 0.0995 e. The van der Waals surface area contributed by atoms with Crippen LogP contribution in [-0.4, -0.2) is 47.9 Å². The Morgan fingerprint density at radius 3 is 3.19 bits per heavy atom. The molecule has 1 aromatic rings. The van der Waals surface area contributed by atoms with Crippen molar-refractivity contribution in [3.05, 3.63) is 42.2 Å². The first kappa shape index (κ1) is 14.7. The van der Waals surface area contributed by atoms with Gasteiger partial charge in [0.15, 0.2) is 0 Å². The molecule has 0 amide bonds. The van der Waals surface area contributed by atoms with Crippen LogP contribution in [0.5, 0.6) is 0 Å². The third-order valence-corrected chi connectivity index (χ3v) is 4.39. The van der Waals surface area contributed by atoms with Crippen LogP contribution in [-0.2, 0) is 16.0 Å². The zero-order valence-corrected chi connectivity index (χ0v) is 12.7. The van der Waals surface area contributed by atoms with Crippen LogP contribution in [0.25, 0.3) is 0 Å². The fourth-order valence-corrected chi connectivity index (χ4v) is 3.46. The number of aryl methyl sites for hydroxylation is 1. The van der Waals surface area contributed by atoms with Gasteiger partial charge >= 0.3 is 0 Å². The first-order chi connectivity index (χ1) is 10.3. The van der Waals surface area contributed by atoms with Gasteiger partial charge in [-0.25, -0.2) is 0 Å². The van der Waals surface area contributed by atoms with Gasteiger partial charge in [-0.15, -0.1) is 6.58 Å². The van der Waals surface area contributed by atoms with Crippen molar-refractivity contribution in [3.8, 4) is 0 Å². The molecule has 1 aliphatic carbocycles. The highest BCUT2D eigenvalue weighted by molar-refractivity contribution is 5.10. The van der Waals surface area contributed by atoms with Gasteiger partial charge in [0.2, 0.25) is 0 Å². The molecule has 2 bridgehead atoms. The molecule has 21 heavy (non-hydrogen) atoms. The fourth-order valence-electron chi connectivity index (χ4n) is 3.46. The van der Waals surface area contributed by atoms with E-state index in [-0.39, 0.29) is 12.2 Å². The van der Waals surface area contributed by atoms with E-state index in [2.05, 4.69) is 28.6 Å². The summed E-state index contributed by atoms with van der Waals surface area (Å²) in [6.07, 6.45) is 4.44. The number of nitrogens with zero attached hydrogens (tertiary/aromatic N) is 2. The summed E-state index contributed by atoms with van der Waals surface area (Å²) < 4.78 is 12.0. The monoisotopic (exact) mass is 288 g/mol. The fraction of sp³-hybridized carbons (Fsp3) is 0.588. The lowest BCUT2D eigenvalue weighted by Gasteiger charge is -2.30. The molecule has 1 aromatic heterocycles. The van der Waals surface area contributed by atoms with Crippen LogP contribution in [0.15, 0.2) is 30.9 Å². The van der Waals surface area contributed by atoms with E-state index >= 15 is 0 Å². The number of ether oxygens (including phenoxy) is 2. The molecule has 3 atom stereocenters. The highest BCUT2D eigenvalue weighted by Crippen LogP contribution is 2.32. The standard InChI is InChI=1S/C17H24N2O2/c1-3-10-21-17-15-7-8-16(17)20-11-9-19(15)12-14-6-4-5-13(2)18-14/h3-6,15-17H,1,7-12H2,2H3/t15-,16-,17-/m1/s1. The van der Waals surface area contributed by atoms with Crippen LogP contribution in [0, 0.1) is 6.92 Å². The Kier molecular flexibility index (Phi) is 4.68. The second-order valence-corrected chi connectivity index (χ2v) is 5.88. The zero-order chi connectivity index (χ0) is 14.7. The number of fused-ring (bicyclic) bond motifs is 2. The average Bonchev–Trinajstić information content (AvgIpc) is 2.77. The van der Waals surface area contributed by atoms with Crippen molar-refractivity contribution in [1.82, 2.24) is 9.88 Å². The lowest BCUT2D eigenvalue weighted by molar-refractivity contribution is -0.0448. The van der Waals surface area contributed by atoms with Gasteiger partial charge in [-0.05, 0) is 31.9 Å². The van der Waals surface area contributed by atoms with Crippen LogP contribution < -0.4 is 0 Å². The van der Waals surface area contributed by atoms with E-state index in [1.165, 1.54) is 0 Å². The Balaban J connectivity index is 1.73. The van der Waals surface area contributed by atoms with Crippen LogP contribution in [0.3, 0.4) is 0 Å². The number of hydrogen-bond acceptors (Lipinski definition) is 4. The molecule has 1 aliphatic heterocycles. The molecule has 2 fully saturated rings. The largest absolute Gasteiger partial charge is 0.374 e. The summed E-state index contributed by atoms with van der Waals surface area (Å²) >= 11 is 0. The van der Waals surface area contributed by atoms with Crippen molar-refractivity contribution in [3.63, 3.8) is 0 Å². The highest BCUT2D eigenvalue weighted by Gasteiger charge is 2.42. The summed E-state index contributed by atoms with van der Waals surface area (Å²) in [5, 5.41) is 0. The van der Waals surface area contributed by atoms with Gasteiger partial charge in [0.05, 0.1) is 31.1 Å². The van der Waals surface area contributed by atoms with Crippen LogP contribution in [0.2, 0.25) is 0 Å². The van der Waals surface area contributed by atoms with E-state index in [4.69, 9.17) is 9.47 Å². The van der Waals surface area contributed by atoms with Gasteiger partial charge < -0.3 is 9.47 Å². The lowest BCUT2D eigenvalue weighted by atomic mass is 10.1. The molecule has 0 spiro atoms. The molecule has 0 aromatic carbocycles. The highest BCUT2D eigenvalue weighted by atomic mass is 16.5. The topological polar surface area (TPSA) is 34.6 Å². The molecular formula is C17H24N2O2. The van der Waals surface area contributed by atoms with Crippen LogP contribution >= 0.6 is 0 Å². The second-order valence-electron chi connectivity index (χ2n) is 5.88. The Labute approximate surface area is 126 Å². The molecule has 4 heteroatoms. The van der Waals surface area contributed by atoms with Gasteiger partial charge in [0.25, 0.3) is 0 Å². The molecule has 0 N–H and O–H groups in total. The van der Waals surface area contributed by atoms with E-state index in [1.807, 2.05) is 19.1 Å². The Morgan fingerprint density at radius 2 is 2.38 bits per heavy atom. The summed E-state index contributed by atoms with van der Waals surface area (Å²) in [4.78, 5) is 7.10. The van der Waals surface area contributed by atoms with Crippen LogP contribution in [0.4, 0.5) is 0 Å².